The van der Waals surface area contributed by atoms with Crippen molar-refractivity contribution in [2.45, 2.75) is 13.8 Å². The van der Waals surface area contributed by atoms with Crippen LogP contribution in [0.15, 0.2) is 24.9 Å². The summed E-state index contributed by atoms with van der Waals surface area (Å²) in [5, 5.41) is 0. The molecule has 0 saturated heterocycles. The molecule has 0 N–H and O–H groups in total. The third kappa shape index (κ3) is 1.84. The van der Waals surface area contributed by atoms with Crippen LogP contribution in [0.3, 0.4) is 0 Å². The largest absolute Gasteiger partial charge is 0.478 e. The maximum Gasteiger partial charge on any atom is 0.220 e. The van der Waals surface area contributed by atoms with Gasteiger partial charge >= 0.3 is 0 Å². The Balaban J connectivity index is 3.00. The molecule has 0 aliphatic heterocycles. The van der Waals surface area contributed by atoms with Gasteiger partial charge < -0.3 is 4.74 Å². The SMILES string of the molecule is C=C(C)c1cccnc1OCC. The van der Waals surface area contributed by atoms with E-state index in [1.54, 1.807) is 6.20 Å². The van der Waals surface area contributed by atoms with Gasteiger partial charge in [0.05, 0.1) is 6.61 Å². The Labute approximate surface area is 72.9 Å². The molecule has 2 nitrogen and oxygen atoms in total. The van der Waals surface area contributed by atoms with E-state index in [1.165, 1.54) is 0 Å². The maximum absolute atomic E-state index is 5.33. The smallest absolute Gasteiger partial charge is 0.220 e. The summed E-state index contributed by atoms with van der Waals surface area (Å²) in [7, 11) is 0. The molecule has 0 amide bonds. The highest BCUT2D eigenvalue weighted by Crippen LogP contribution is 2.21. The minimum Gasteiger partial charge on any atom is -0.478 e. The molecule has 0 aromatic carbocycles. The van der Waals surface area contributed by atoms with Crippen LogP contribution in [0.4, 0.5) is 0 Å². The number of hydrogen-bond donors (Lipinski definition) is 0. The topological polar surface area (TPSA) is 22.1 Å². The van der Waals surface area contributed by atoms with Crippen LogP contribution in [0, 0.1) is 0 Å². The average molecular weight is 163 g/mol. The Kier molecular flexibility index (Phi) is 2.86. The van der Waals surface area contributed by atoms with Crippen molar-refractivity contribution in [3.05, 3.63) is 30.5 Å². The molecule has 1 heterocycles. The molecule has 2 heteroatoms. The van der Waals surface area contributed by atoms with E-state index in [-0.39, 0.29) is 0 Å². The molecule has 0 aliphatic carbocycles. The van der Waals surface area contributed by atoms with Crippen molar-refractivity contribution >= 4 is 5.57 Å². The lowest BCUT2D eigenvalue weighted by Gasteiger charge is -2.06. The van der Waals surface area contributed by atoms with Gasteiger partial charge in [0.2, 0.25) is 5.88 Å². The number of rotatable bonds is 3. The summed E-state index contributed by atoms with van der Waals surface area (Å²) in [6.45, 7) is 8.37. The fraction of sp³-hybridized carbons (Fsp3) is 0.300. The molecule has 1 rings (SSSR count). The summed E-state index contributed by atoms with van der Waals surface area (Å²) in [4.78, 5) is 4.11. The average Bonchev–Trinajstić information content (AvgIpc) is 2.05. The molecule has 12 heavy (non-hydrogen) atoms. The molecule has 0 aliphatic rings. The van der Waals surface area contributed by atoms with E-state index in [9.17, 15) is 0 Å². The Bertz CT molecular complexity index is 281. The summed E-state index contributed by atoms with van der Waals surface area (Å²) in [6, 6.07) is 3.84. The zero-order chi connectivity index (χ0) is 8.97. The zero-order valence-corrected chi connectivity index (χ0v) is 7.50. The summed E-state index contributed by atoms with van der Waals surface area (Å²) in [5.74, 6) is 0.674. The van der Waals surface area contributed by atoms with Crippen molar-refractivity contribution in [2.75, 3.05) is 6.61 Å². The van der Waals surface area contributed by atoms with E-state index in [2.05, 4.69) is 11.6 Å². The van der Waals surface area contributed by atoms with Gasteiger partial charge in [0.25, 0.3) is 0 Å². The predicted molar refractivity (Wildman–Crippen MR) is 50.1 cm³/mol. The van der Waals surface area contributed by atoms with Crippen LogP contribution in [-0.2, 0) is 0 Å². The molecule has 0 spiro atoms. The van der Waals surface area contributed by atoms with E-state index in [1.807, 2.05) is 26.0 Å². The summed E-state index contributed by atoms with van der Waals surface area (Å²) in [6.07, 6.45) is 1.72. The maximum atomic E-state index is 5.33. The highest BCUT2D eigenvalue weighted by Gasteiger charge is 2.02. The molecule has 0 saturated carbocycles. The predicted octanol–water partition coefficient (Wildman–Crippen LogP) is 2.51. The van der Waals surface area contributed by atoms with E-state index in [4.69, 9.17) is 4.74 Å². The van der Waals surface area contributed by atoms with Gasteiger partial charge in [0, 0.05) is 11.8 Å². The fourth-order valence-corrected chi connectivity index (χ4v) is 0.967. The molecule has 0 radical (unpaired) electrons. The summed E-state index contributed by atoms with van der Waals surface area (Å²) >= 11 is 0. The van der Waals surface area contributed by atoms with E-state index in [0.717, 1.165) is 11.1 Å². The Hall–Kier alpha value is -1.31. The number of allylic oxidation sites excluding steroid dienone is 1. The number of hydrogen-bond acceptors (Lipinski definition) is 2. The van der Waals surface area contributed by atoms with Crippen LogP contribution in [0.1, 0.15) is 19.4 Å². The third-order valence-electron chi connectivity index (χ3n) is 1.51. The second kappa shape index (κ2) is 3.90. The lowest BCUT2D eigenvalue weighted by atomic mass is 10.1. The molecule has 0 bridgehead atoms. The number of ether oxygens (including phenoxy) is 1. The van der Waals surface area contributed by atoms with Gasteiger partial charge in [-0.1, -0.05) is 6.58 Å². The molecule has 64 valence electrons. The first-order valence-corrected chi connectivity index (χ1v) is 3.99. The number of nitrogens with zero attached hydrogens (tertiary/aromatic N) is 1. The van der Waals surface area contributed by atoms with Crippen LogP contribution in [0.2, 0.25) is 0 Å². The standard InChI is InChI=1S/C10H13NO/c1-4-12-10-9(8(2)3)6-5-7-11-10/h5-7H,2,4H2,1,3H3. The number of pyridine rings is 1. The summed E-state index contributed by atoms with van der Waals surface area (Å²) < 4.78 is 5.33. The van der Waals surface area contributed by atoms with Crippen LogP contribution in [0.5, 0.6) is 5.88 Å². The first kappa shape index (κ1) is 8.78. The number of aromatic nitrogens is 1. The summed E-state index contributed by atoms with van der Waals surface area (Å²) in [5.41, 5.74) is 1.96. The molecule has 0 fully saturated rings. The molecule has 0 unspecified atom stereocenters. The zero-order valence-electron chi connectivity index (χ0n) is 7.50. The highest BCUT2D eigenvalue weighted by atomic mass is 16.5. The van der Waals surface area contributed by atoms with Gasteiger partial charge in [0.1, 0.15) is 0 Å². The quantitative estimate of drug-likeness (QED) is 0.683. The van der Waals surface area contributed by atoms with Crippen molar-refractivity contribution in [3.8, 4) is 5.88 Å². The van der Waals surface area contributed by atoms with Gasteiger partial charge in [-0.25, -0.2) is 4.98 Å². The molecule has 1 aromatic heterocycles. The van der Waals surface area contributed by atoms with Gasteiger partial charge in [-0.3, -0.25) is 0 Å². The normalized spacial score (nSPS) is 9.50. The van der Waals surface area contributed by atoms with Crippen LogP contribution in [0.25, 0.3) is 5.57 Å². The van der Waals surface area contributed by atoms with Crippen molar-refractivity contribution in [2.24, 2.45) is 0 Å². The van der Waals surface area contributed by atoms with E-state index in [0.29, 0.717) is 12.5 Å². The monoisotopic (exact) mass is 163 g/mol. The highest BCUT2D eigenvalue weighted by molar-refractivity contribution is 5.65. The lowest BCUT2D eigenvalue weighted by molar-refractivity contribution is 0.326. The minimum atomic E-state index is 0.636. The van der Waals surface area contributed by atoms with Crippen molar-refractivity contribution in [1.29, 1.82) is 0 Å². The van der Waals surface area contributed by atoms with Crippen molar-refractivity contribution in [3.63, 3.8) is 0 Å². The molecule has 1 aromatic rings. The molecular weight excluding hydrogens is 150 g/mol. The Morgan fingerprint density at radius 2 is 2.42 bits per heavy atom. The first-order valence-electron chi connectivity index (χ1n) is 3.99. The first-order chi connectivity index (χ1) is 5.75. The van der Waals surface area contributed by atoms with Gasteiger partial charge in [0.15, 0.2) is 0 Å². The van der Waals surface area contributed by atoms with Crippen LogP contribution in [-0.4, -0.2) is 11.6 Å². The molecular formula is C10H13NO. The van der Waals surface area contributed by atoms with Gasteiger partial charge in [-0.15, -0.1) is 0 Å². The lowest BCUT2D eigenvalue weighted by Crippen LogP contribution is -1.97. The Morgan fingerprint density at radius 3 is 3.00 bits per heavy atom. The van der Waals surface area contributed by atoms with Crippen LogP contribution >= 0.6 is 0 Å². The van der Waals surface area contributed by atoms with E-state index < -0.39 is 0 Å². The van der Waals surface area contributed by atoms with E-state index >= 15 is 0 Å². The second-order valence-corrected chi connectivity index (χ2v) is 2.57. The van der Waals surface area contributed by atoms with Crippen LogP contribution < -0.4 is 4.74 Å². The van der Waals surface area contributed by atoms with Gasteiger partial charge in [-0.2, -0.15) is 0 Å². The fourth-order valence-electron chi connectivity index (χ4n) is 0.967. The minimum absolute atomic E-state index is 0.636. The van der Waals surface area contributed by atoms with Crippen molar-refractivity contribution in [1.82, 2.24) is 4.98 Å². The van der Waals surface area contributed by atoms with Crippen molar-refractivity contribution < 1.29 is 4.74 Å². The Morgan fingerprint density at radius 1 is 1.67 bits per heavy atom. The second-order valence-electron chi connectivity index (χ2n) is 2.57. The third-order valence-corrected chi connectivity index (χ3v) is 1.51. The van der Waals surface area contributed by atoms with Gasteiger partial charge in [-0.05, 0) is 31.6 Å². The molecule has 0 atom stereocenters.